The Kier molecular flexibility index (Phi) is 5.75. The molecule has 2 unspecified atom stereocenters. The SMILES string of the molecule is CCC(C)[C@H](N)C(=O)N1CCN(C(C)C(=O)O)CC1. The van der Waals surface area contributed by atoms with Gasteiger partial charge in [0.1, 0.15) is 6.04 Å². The molecule has 1 saturated heterocycles. The minimum absolute atomic E-state index is 0.0167. The van der Waals surface area contributed by atoms with E-state index in [0.717, 1.165) is 6.42 Å². The summed E-state index contributed by atoms with van der Waals surface area (Å²) < 4.78 is 0. The van der Waals surface area contributed by atoms with Gasteiger partial charge in [0, 0.05) is 26.2 Å². The molecule has 1 fully saturated rings. The summed E-state index contributed by atoms with van der Waals surface area (Å²) in [6, 6.07) is -0.950. The normalized spacial score (nSPS) is 21.8. The molecule has 0 saturated carbocycles. The molecule has 0 aliphatic carbocycles. The van der Waals surface area contributed by atoms with Gasteiger partial charge in [0.2, 0.25) is 5.91 Å². The molecule has 1 heterocycles. The lowest BCUT2D eigenvalue weighted by molar-refractivity contribution is -0.144. The molecule has 1 aliphatic heterocycles. The molecule has 0 spiro atoms. The van der Waals surface area contributed by atoms with Crippen LogP contribution in [0.25, 0.3) is 0 Å². The molecule has 0 radical (unpaired) electrons. The highest BCUT2D eigenvalue weighted by Crippen LogP contribution is 2.12. The van der Waals surface area contributed by atoms with E-state index >= 15 is 0 Å². The molecule has 0 bridgehead atoms. The van der Waals surface area contributed by atoms with Gasteiger partial charge in [-0.25, -0.2) is 0 Å². The van der Waals surface area contributed by atoms with Crippen molar-refractivity contribution in [2.24, 2.45) is 11.7 Å². The standard InChI is InChI=1S/C13H25N3O3/c1-4-9(2)11(14)12(17)16-7-5-15(6-8-16)10(3)13(18)19/h9-11H,4-8,14H2,1-3H3,(H,18,19)/t9?,10?,11-/m0/s1. The lowest BCUT2D eigenvalue weighted by Gasteiger charge is -2.38. The smallest absolute Gasteiger partial charge is 0.320 e. The molecular formula is C13H25N3O3. The maximum absolute atomic E-state index is 12.2. The van der Waals surface area contributed by atoms with Crippen molar-refractivity contribution in [3.63, 3.8) is 0 Å². The highest BCUT2D eigenvalue weighted by Gasteiger charge is 2.30. The van der Waals surface area contributed by atoms with Crippen molar-refractivity contribution in [3.8, 4) is 0 Å². The predicted octanol–water partition coefficient (Wildman–Crippen LogP) is -0.0229. The molecule has 3 atom stereocenters. The zero-order valence-corrected chi connectivity index (χ0v) is 12.0. The fourth-order valence-electron chi connectivity index (χ4n) is 2.19. The van der Waals surface area contributed by atoms with Crippen LogP contribution in [0.2, 0.25) is 0 Å². The molecule has 1 rings (SSSR count). The monoisotopic (exact) mass is 271 g/mol. The lowest BCUT2D eigenvalue weighted by atomic mass is 9.98. The Morgan fingerprint density at radius 2 is 1.74 bits per heavy atom. The van der Waals surface area contributed by atoms with E-state index in [2.05, 4.69) is 0 Å². The van der Waals surface area contributed by atoms with Crippen LogP contribution in [0.3, 0.4) is 0 Å². The number of amides is 1. The fourth-order valence-corrected chi connectivity index (χ4v) is 2.19. The number of hydrogen-bond donors (Lipinski definition) is 2. The Morgan fingerprint density at radius 3 is 2.16 bits per heavy atom. The first-order valence-electron chi connectivity index (χ1n) is 6.89. The molecule has 6 heteroatoms. The molecule has 110 valence electrons. The van der Waals surface area contributed by atoms with Crippen molar-refractivity contribution in [3.05, 3.63) is 0 Å². The summed E-state index contributed by atoms with van der Waals surface area (Å²) >= 11 is 0. The van der Waals surface area contributed by atoms with E-state index in [9.17, 15) is 9.59 Å². The Bertz CT molecular complexity index is 327. The topological polar surface area (TPSA) is 86.9 Å². The molecule has 3 N–H and O–H groups in total. The first-order valence-corrected chi connectivity index (χ1v) is 6.89. The summed E-state index contributed by atoms with van der Waals surface area (Å²) in [5.74, 6) is -0.670. The Labute approximate surface area is 114 Å². The van der Waals surface area contributed by atoms with E-state index in [1.54, 1.807) is 11.8 Å². The van der Waals surface area contributed by atoms with Gasteiger partial charge in [-0.2, -0.15) is 0 Å². The van der Waals surface area contributed by atoms with Gasteiger partial charge in [-0.1, -0.05) is 20.3 Å². The third-order valence-corrected chi connectivity index (χ3v) is 4.07. The van der Waals surface area contributed by atoms with Crippen LogP contribution in [-0.4, -0.2) is 65.0 Å². The average Bonchev–Trinajstić information content (AvgIpc) is 2.44. The third-order valence-electron chi connectivity index (χ3n) is 4.07. The van der Waals surface area contributed by atoms with Gasteiger partial charge < -0.3 is 15.7 Å². The second-order valence-electron chi connectivity index (χ2n) is 5.29. The van der Waals surface area contributed by atoms with Crippen molar-refractivity contribution in [1.29, 1.82) is 0 Å². The zero-order chi connectivity index (χ0) is 14.6. The van der Waals surface area contributed by atoms with Gasteiger partial charge in [-0.3, -0.25) is 14.5 Å². The minimum Gasteiger partial charge on any atom is -0.480 e. The van der Waals surface area contributed by atoms with Gasteiger partial charge in [-0.05, 0) is 12.8 Å². The predicted molar refractivity (Wildman–Crippen MR) is 72.7 cm³/mol. The second kappa shape index (κ2) is 6.86. The van der Waals surface area contributed by atoms with E-state index < -0.39 is 18.1 Å². The van der Waals surface area contributed by atoms with Crippen LogP contribution >= 0.6 is 0 Å². The summed E-state index contributed by atoms with van der Waals surface area (Å²) in [7, 11) is 0. The highest BCUT2D eigenvalue weighted by molar-refractivity contribution is 5.82. The summed E-state index contributed by atoms with van der Waals surface area (Å²) in [5, 5.41) is 8.96. The molecule has 0 aromatic rings. The highest BCUT2D eigenvalue weighted by atomic mass is 16.4. The van der Waals surface area contributed by atoms with Crippen LogP contribution in [0.15, 0.2) is 0 Å². The minimum atomic E-state index is -0.823. The van der Waals surface area contributed by atoms with Crippen LogP contribution < -0.4 is 5.73 Å². The van der Waals surface area contributed by atoms with E-state index in [0.29, 0.717) is 26.2 Å². The number of aliphatic carboxylic acids is 1. The van der Waals surface area contributed by atoms with E-state index in [1.165, 1.54) is 0 Å². The third kappa shape index (κ3) is 3.91. The van der Waals surface area contributed by atoms with Crippen molar-refractivity contribution in [2.75, 3.05) is 26.2 Å². The lowest BCUT2D eigenvalue weighted by Crippen LogP contribution is -2.56. The van der Waals surface area contributed by atoms with E-state index in [4.69, 9.17) is 10.8 Å². The fraction of sp³-hybridized carbons (Fsp3) is 0.846. The summed E-state index contributed by atoms with van der Waals surface area (Å²) in [6.45, 7) is 7.96. The van der Waals surface area contributed by atoms with Gasteiger partial charge in [0.05, 0.1) is 6.04 Å². The number of carbonyl (C=O) groups is 2. The van der Waals surface area contributed by atoms with Gasteiger partial charge in [0.25, 0.3) is 0 Å². The van der Waals surface area contributed by atoms with Crippen LogP contribution in [0, 0.1) is 5.92 Å². The van der Waals surface area contributed by atoms with Crippen LogP contribution in [0.5, 0.6) is 0 Å². The van der Waals surface area contributed by atoms with E-state index in [1.807, 2.05) is 18.7 Å². The number of carboxylic acids is 1. The van der Waals surface area contributed by atoms with Crippen molar-refractivity contribution in [1.82, 2.24) is 9.80 Å². The quantitative estimate of drug-likeness (QED) is 0.733. The summed E-state index contributed by atoms with van der Waals surface area (Å²) in [6.07, 6.45) is 0.878. The number of rotatable bonds is 5. The van der Waals surface area contributed by atoms with Crippen molar-refractivity contribution in [2.45, 2.75) is 39.3 Å². The molecule has 0 aromatic heterocycles. The Balaban J connectivity index is 2.50. The van der Waals surface area contributed by atoms with Crippen LogP contribution in [0.1, 0.15) is 27.2 Å². The number of hydrogen-bond acceptors (Lipinski definition) is 4. The number of piperazine rings is 1. The summed E-state index contributed by atoms with van der Waals surface area (Å²) in [4.78, 5) is 26.7. The molecule has 0 aromatic carbocycles. The maximum Gasteiger partial charge on any atom is 0.320 e. The first kappa shape index (κ1) is 15.9. The molecule has 1 amide bonds. The molecular weight excluding hydrogens is 246 g/mol. The Hall–Kier alpha value is -1.14. The number of carboxylic acid groups (broad SMARTS) is 1. The van der Waals surface area contributed by atoms with Crippen molar-refractivity contribution < 1.29 is 14.7 Å². The second-order valence-corrected chi connectivity index (χ2v) is 5.29. The van der Waals surface area contributed by atoms with Gasteiger partial charge >= 0.3 is 5.97 Å². The number of nitrogens with two attached hydrogens (primary N) is 1. The zero-order valence-electron chi connectivity index (χ0n) is 12.0. The first-order chi connectivity index (χ1) is 8.88. The van der Waals surface area contributed by atoms with Gasteiger partial charge in [0.15, 0.2) is 0 Å². The largest absolute Gasteiger partial charge is 0.480 e. The van der Waals surface area contributed by atoms with E-state index in [-0.39, 0.29) is 11.8 Å². The molecule has 6 nitrogen and oxygen atoms in total. The summed E-state index contributed by atoms with van der Waals surface area (Å²) in [5.41, 5.74) is 5.95. The van der Waals surface area contributed by atoms with Crippen molar-refractivity contribution >= 4 is 11.9 Å². The average molecular weight is 271 g/mol. The van der Waals surface area contributed by atoms with Crippen LogP contribution in [-0.2, 0) is 9.59 Å². The van der Waals surface area contributed by atoms with Crippen LogP contribution in [0.4, 0.5) is 0 Å². The Morgan fingerprint density at radius 1 is 1.21 bits per heavy atom. The number of carbonyl (C=O) groups excluding carboxylic acids is 1. The maximum atomic E-state index is 12.2. The number of nitrogens with zero attached hydrogens (tertiary/aromatic N) is 2. The molecule has 1 aliphatic rings. The van der Waals surface area contributed by atoms with Gasteiger partial charge in [-0.15, -0.1) is 0 Å². The molecule has 19 heavy (non-hydrogen) atoms.